The molecule has 4 heteroatoms. The van der Waals surface area contributed by atoms with Crippen LogP contribution < -0.4 is 0 Å². The quantitative estimate of drug-likeness (QED) is 0.570. The molecule has 2 aliphatic rings. The fourth-order valence-corrected chi connectivity index (χ4v) is 2.04. The molecule has 1 saturated heterocycles. The molecule has 0 bridgehead atoms. The van der Waals surface area contributed by atoms with Gasteiger partial charge in [-0.1, -0.05) is 0 Å². The van der Waals surface area contributed by atoms with E-state index in [4.69, 9.17) is 5.11 Å². The molecule has 0 aromatic carbocycles. The molecule has 0 aromatic heterocycles. The Kier molecular flexibility index (Phi) is 1.85. The molecule has 2 fully saturated rings. The first-order chi connectivity index (χ1) is 6.05. The number of β-amino-alcohol motifs (C(OH)–C–C–N with tert-alkyl or cyclic N) is 1. The number of hydrogen-bond acceptors (Lipinski definition) is 3. The maximum atomic E-state index is 11.4. The van der Waals surface area contributed by atoms with Crippen LogP contribution in [0.15, 0.2) is 0 Å². The summed E-state index contributed by atoms with van der Waals surface area (Å²) in [5.74, 6) is -0.261. The maximum Gasteiger partial charge on any atom is 0.251 e. The molecule has 2 N–H and O–H groups in total. The number of aliphatic hydroxyl groups is 2. The van der Waals surface area contributed by atoms with Crippen LogP contribution in [0, 0.1) is 5.41 Å². The Morgan fingerprint density at radius 1 is 1.62 bits per heavy atom. The van der Waals surface area contributed by atoms with E-state index in [0.29, 0.717) is 13.1 Å². The van der Waals surface area contributed by atoms with Crippen LogP contribution in [0.5, 0.6) is 0 Å². The van der Waals surface area contributed by atoms with Crippen LogP contribution in [0.3, 0.4) is 0 Å². The predicted octanol–water partition coefficient (Wildman–Crippen LogP) is -0.650. The number of amides is 1. The van der Waals surface area contributed by atoms with Gasteiger partial charge in [0.15, 0.2) is 0 Å². The van der Waals surface area contributed by atoms with Gasteiger partial charge in [0.05, 0.1) is 6.10 Å². The van der Waals surface area contributed by atoms with E-state index in [-0.39, 0.29) is 17.4 Å². The van der Waals surface area contributed by atoms with Crippen molar-refractivity contribution in [2.24, 2.45) is 5.41 Å². The molecule has 4 nitrogen and oxygen atoms in total. The van der Waals surface area contributed by atoms with E-state index in [1.54, 1.807) is 4.90 Å². The lowest BCUT2D eigenvalue weighted by atomic mass is 10.0. The Morgan fingerprint density at radius 2 is 2.23 bits per heavy atom. The van der Waals surface area contributed by atoms with Crippen LogP contribution in [0.25, 0.3) is 0 Å². The highest BCUT2D eigenvalue weighted by Gasteiger charge is 2.55. The van der Waals surface area contributed by atoms with E-state index >= 15 is 0 Å². The standard InChI is InChI=1S/C9H15NO3/c1-6(11)8(13)10-4-7(12)9(5-10)2-3-9/h6-7,11-12H,2-5H2,1H3. The number of rotatable bonds is 1. The number of likely N-dealkylation sites (tertiary alicyclic amines) is 1. The Balaban J connectivity index is 2.01. The fraction of sp³-hybridized carbons (Fsp3) is 0.889. The highest BCUT2D eigenvalue weighted by atomic mass is 16.3. The third kappa shape index (κ3) is 1.34. The van der Waals surface area contributed by atoms with E-state index in [1.165, 1.54) is 6.92 Å². The zero-order chi connectivity index (χ0) is 9.64. The van der Waals surface area contributed by atoms with E-state index in [9.17, 15) is 9.90 Å². The third-order valence-electron chi connectivity index (χ3n) is 3.17. The first-order valence-corrected chi connectivity index (χ1v) is 4.70. The monoisotopic (exact) mass is 185 g/mol. The Hall–Kier alpha value is -0.610. The van der Waals surface area contributed by atoms with Crippen molar-refractivity contribution in [1.82, 2.24) is 4.90 Å². The second-order valence-electron chi connectivity index (χ2n) is 4.27. The average molecular weight is 185 g/mol. The van der Waals surface area contributed by atoms with Crippen molar-refractivity contribution < 1.29 is 15.0 Å². The van der Waals surface area contributed by atoms with Gasteiger partial charge >= 0.3 is 0 Å². The molecule has 74 valence electrons. The van der Waals surface area contributed by atoms with Gasteiger partial charge < -0.3 is 15.1 Å². The SMILES string of the molecule is CC(O)C(=O)N1CC(O)C2(CC2)C1. The number of aliphatic hydroxyl groups excluding tert-OH is 2. The Labute approximate surface area is 77.2 Å². The molecule has 1 aliphatic heterocycles. The van der Waals surface area contributed by atoms with Crippen molar-refractivity contribution in [3.8, 4) is 0 Å². The van der Waals surface area contributed by atoms with Crippen LogP contribution in [-0.4, -0.2) is 46.3 Å². The highest BCUT2D eigenvalue weighted by Crippen LogP contribution is 2.52. The topological polar surface area (TPSA) is 60.8 Å². The van der Waals surface area contributed by atoms with E-state index in [1.807, 2.05) is 0 Å². The molecule has 1 aliphatic carbocycles. The van der Waals surface area contributed by atoms with Gasteiger partial charge in [0.2, 0.25) is 0 Å². The Morgan fingerprint density at radius 3 is 2.62 bits per heavy atom. The summed E-state index contributed by atoms with van der Waals surface area (Å²) in [6, 6.07) is 0. The van der Waals surface area contributed by atoms with Crippen molar-refractivity contribution in [3.05, 3.63) is 0 Å². The van der Waals surface area contributed by atoms with Crippen molar-refractivity contribution in [2.45, 2.75) is 32.0 Å². The van der Waals surface area contributed by atoms with E-state index in [0.717, 1.165) is 12.8 Å². The summed E-state index contributed by atoms with van der Waals surface area (Å²) in [6.45, 7) is 2.48. The summed E-state index contributed by atoms with van der Waals surface area (Å²) in [7, 11) is 0. The summed E-state index contributed by atoms with van der Waals surface area (Å²) in [6.07, 6.45) is 0.700. The van der Waals surface area contributed by atoms with Crippen molar-refractivity contribution in [3.63, 3.8) is 0 Å². The number of hydrogen-bond donors (Lipinski definition) is 2. The molecule has 0 radical (unpaired) electrons. The number of carbonyl (C=O) groups is 1. The summed E-state index contributed by atoms with van der Waals surface area (Å²) in [4.78, 5) is 12.9. The van der Waals surface area contributed by atoms with Crippen LogP contribution in [0.1, 0.15) is 19.8 Å². The summed E-state index contributed by atoms with van der Waals surface area (Å²) in [5, 5.41) is 18.7. The first-order valence-electron chi connectivity index (χ1n) is 4.70. The molecule has 2 atom stereocenters. The minimum atomic E-state index is -0.943. The second-order valence-corrected chi connectivity index (χ2v) is 4.27. The lowest BCUT2D eigenvalue weighted by molar-refractivity contribution is -0.138. The number of carbonyl (C=O) groups excluding carboxylic acids is 1. The second kappa shape index (κ2) is 2.69. The molecule has 0 aromatic rings. The largest absolute Gasteiger partial charge is 0.391 e. The zero-order valence-corrected chi connectivity index (χ0v) is 7.73. The molecule has 1 spiro atoms. The fourth-order valence-electron chi connectivity index (χ4n) is 2.04. The van der Waals surface area contributed by atoms with Gasteiger partial charge in [0.25, 0.3) is 5.91 Å². The zero-order valence-electron chi connectivity index (χ0n) is 7.73. The van der Waals surface area contributed by atoms with Gasteiger partial charge in [0, 0.05) is 18.5 Å². The van der Waals surface area contributed by atoms with Gasteiger partial charge in [-0.15, -0.1) is 0 Å². The van der Waals surface area contributed by atoms with Crippen LogP contribution >= 0.6 is 0 Å². The Bertz CT molecular complexity index is 235. The lowest BCUT2D eigenvalue weighted by Gasteiger charge is -2.17. The smallest absolute Gasteiger partial charge is 0.251 e. The van der Waals surface area contributed by atoms with Crippen LogP contribution in [-0.2, 0) is 4.79 Å². The van der Waals surface area contributed by atoms with Crippen LogP contribution in [0.2, 0.25) is 0 Å². The minimum absolute atomic E-state index is 0.00937. The predicted molar refractivity (Wildman–Crippen MR) is 45.9 cm³/mol. The molecule has 1 saturated carbocycles. The lowest BCUT2D eigenvalue weighted by Crippen LogP contribution is -2.36. The highest BCUT2D eigenvalue weighted by molar-refractivity contribution is 5.80. The summed E-state index contributed by atoms with van der Waals surface area (Å²) >= 11 is 0. The molecule has 1 amide bonds. The molecule has 2 unspecified atom stereocenters. The minimum Gasteiger partial charge on any atom is -0.391 e. The van der Waals surface area contributed by atoms with Gasteiger partial charge in [-0.05, 0) is 19.8 Å². The average Bonchev–Trinajstić information content (AvgIpc) is 2.75. The molecule has 1 heterocycles. The van der Waals surface area contributed by atoms with Crippen molar-refractivity contribution in [2.75, 3.05) is 13.1 Å². The van der Waals surface area contributed by atoms with E-state index in [2.05, 4.69) is 0 Å². The molecule has 2 rings (SSSR count). The molecular formula is C9H15NO3. The third-order valence-corrected chi connectivity index (χ3v) is 3.17. The van der Waals surface area contributed by atoms with Crippen LogP contribution in [0.4, 0.5) is 0 Å². The van der Waals surface area contributed by atoms with E-state index < -0.39 is 6.10 Å². The van der Waals surface area contributed by atoms with Gasteiger partial charge in [-0.25, -0.2) is 0 Å². The summed E-state index contributed by atoms with van der Waals surface area (Å²) < 4.78 is 0. The first kappa shape index (κ1) is 8.97. The normalized spacial score (nSPS) is 32.2. The van der Waals surface area contributed by atoms with Gasteiger partial charge in [0.1, 0.15) is 6.10 Å². The summed E-state index contributed by atoms with van der Waals surface area (Å²) in [5.41, 5.74) is -0.00937. The number of nitrogens with zero attached hydrogens (tertiary/aromatic N) is 1. The van der Waals surface area contributed by atoms with Gasteiger partial charge in [-0.2, -0.15) is 0 Å². The van der Waals surface area contributed by atoms with Crippen molar-refractivity contribution >= 4 is 5.91 Å². The molecule has 13 heavy (non-hydrogen) atoms. The van der Waals surface area contributed by atoms with Crippen molar-refractivity contribution in [1.29, 1.82) is 0 Å². The maximum absolute atomic E-state index is 11.4. The van der Waals surface area contributed by atoms with Gasteiger partial charge in [-0.3, -0.25) is 4.79 Å². The molecular weight excluding hydrogens is 170 g/mol.